The van der Waals surface area contributed by atoms with Crippen LogP contribution < -0.4 is 10.1 Å². The molecule has 1 N–H and O–H groups in total. The van der Waals surface area contributed by atoms with Crippen LogP contribution in [-0.2, 0) is 6.42 Å². The molecule has 4 nitrogen and oxygen atoms in total. The van der Waals surface area contributed by atoms with Gasteiger partial charge < -0.3 is 10.1 Å². The molecule has 1 heterocycles. The van der Waals surface area contributed by atoms with Crippen molar-refractivity contribution in [2.45, 2.75) is 32.2 Å². The van der Waals surface area contributed by atoms with Crippen LogP contribution in [0, 0.1) is 0 Å². The van der Waals surface area contributed by atoms with E-state index >= 15 is 0 Å². The number of hydrogen-bond donors (Lipinski definition) is 1. The van der Waals surface area contributed by atoms with E-state index in [1.807, 2.05) is 18.2 Å². The quantitative estimate of drug-likeness (QED) is 0.809. The molecule has 1 unspecified atom stereocenters. The highest BCUT2D eigenvalue weighted by atomic mass is 16.5. The summed E-state index contributed by atoms with van der Waals surface area (Å²) in [6.07, 6.45) is 6.68. The van der Waals surface area contributed by atoms with E-state index in [-0.39, 0.29) is 6.04 Å². The van der Waals surface area contributed by atoms with Gasteiger partial charge in [0.05, 0.1) is 13.2 Å². The predicted molar refractivity (Wildman–Crippen MR) is 84.4 cm³/mol. The molecule has 2 aromatic rings. The highest BCUT2D eigenvalue weighted by Gasteiger charge is 2.13. The highest BCUT2D eigenvalue weighted by molar-refractivity contribution is 5.27. The molecular weight excluding hydrogens is 262 g/mol. The van der Waals surface area contributed by atoms with Crippen LogP contribution in [0.1, 0.15) is 37.2 Å². The molecule has 0 bridgehead atoms. The van der Waals surface area contributed by atoms with Gasteiger partial charge in [0.1, 0.15) is 11.6 Å². The lowest BCUT2D eigenvalue weighted by molar-refractivity contribution is 0.414. The number of ether oxygens (including phenoxy) is 1. The van der Waals surface area contributed by atoms with Crippen LogP contribution in [0.4, 0.5) is 0 Å². The molecule has 0 spiro atoms. The largest absolute Gasteiger partial charge is 0.497 e. The van der Waals surface area contributed by atoms with Gasteiger partial charge in [-0.05, 0) is 49.6 Å². The van der Waals surface area contributed by atoms with Gasteiger partial charge in [-0.2, -0.15) is 0 Å². The number of rotatable bonds is 8. The Balaban J connectivity index is 1.97. The highest BCUT2D eigenvalue weighted by Crippen LogP contribution is 2.18. The average molecular weight is 285 g/mol. The molecule has 0 amide bonds. The zero-order chi connectivity index (χ0) is 14.9. The Kier molecular flexibility index (Phi) is 6.16. The fraction of sp³-hybridized carbons (Fsp3) is 0.412. The van der Waals surface area contributed by atoms with Gasteiger partial charge in [-0.1, -0.05) is 19.1 Å². The van der Waals surface area contributed by atoms with Crippen molar-refractivity contribution in [1.82, 2.24) is 15.3 Å². The number of nitrogens with zero attached hydrogens (tertiary/aromatic N) is 2. The van der Waals surface area contributed by atoms with Gasteiger partial charge in [0.2, 0.25) is 0 Å². The van der Waals surface area contributed by atoms with E-state index in [9.17, 15) is 0 Å². The van der Waals surface area contributed by atoms with Gasteiger partial charge in [-0.25, -0.2) is 9.97 Å². The van der Waals surface area contributed by atoms with Gasteiger partial charge in [-0.15, -0.1) is 0 Å². The van der Waals surface area contributed by atoms with Crippen LogP contribution in [0.15, 0.2) is 42.7 Å². The summed E-state index contributed by atoms with van der Waals surface area (Å²) in [6.45, 7) is 3.14. The molecule has 4 heteroatoms. The van der Waals surface area contributed by atoms with Crippen molar-refractivity contribution in [2.75, 3.05) is 13.7 Å². The maximum atomic E-state index is 5.18. The van der Waals surface area contributed by atoms with E-state index in [1.165, 1.54) is 5.56 Å². The van der Waals surface area contributed by atoms with Gasteiger partial charge in [-0.3, -0.25) is 0 Å². The van der Waals surface area contributed by atoms with Crippen molar-refractivity contribution < 1.29 is 4.74 Å². The number of hydrogen-bond acceptors (Lipinski definition) is 4. The number of aromatic nitrogens is 2. The zero-order valence-corrected chi connectivity index (χ0v) is 12.7. The third kappa shape index (κ3) is 4.83. The molecule has 0 fully saturated rings. The fourth-order valence-electron chi connectivity index (χ4n) is 2.23. The van der Waals surface area contributed by atoms with Gasteiger partial charge in [0, 0.05) is 12.4 Å². The van der Waals surface area contributed by atoms with E-state index < -0.39 is 0 Å². The summed E-state index contributed by atoms with van der Waals surface area (Å²) in [5.41, 5.74) is 1.30. The molecule has 112 valence electrons. The van der Waals surface area contributed by atoms with E-state index in [0.29, 0.717) is 0 Å². The van der Waals surface area contributed by atoms with Crippen molar-refractivity contribution in [1.29, 1.82) is 0 Å². The van der Waals surface area contributed by atoms with Crippen LogP contribution in [0.3, 0.4) is 0 Å². The van der Waals surface area contributed by atoms with E-state index in [0.717, 1.165) is 37.4 Å². The number of benzene rings is 1. The molecular formula is C17H23N3O. The molecule has 0 aliphatic rings. The molecule has 2 rings (SSSR count). The van der Waals surface area contributed by atoms with Crippen molar-refractivity contribution >= 4 is 0 Å². The molecule has 21 heavy (non-hydrogen) atoms. The van der Waals surface area contributed by atoms with Crippen LogP contribution >= 0.6 is 0 Å². The first-order valence-electron chi connectivity index (χ1n) is 7.46. The summed E-state index contributed by atoms with van der Waals surface area (Å²) in [5.74, 6) is 1.77. The molecule has 0 aliphatic heterocycles. The van der Waals surface area contributed by atoms with Gasteiger partial charge >= 0.3 is 0 Å². The molecule has 1 aromatic carbocycles. The van der Waals surface area contributed by atoms with Crippen molar-refractivity contribution in [3.05, 3.63) is 54.1 Å². The fourth-order valence-corrected chi connectivity index (χ4v) is 2.23. The summed E-state index contributed by atoms with van der Waals surface area (Å²) in [4.78, 5) is 8.76. The Morgan fingerprint density at radius 2 is 1.86 bits per heavy atom. The molecule has 1 aromatic heterocycles. The first-order chi connectivity index (χ1) is 10.3. The monoisotopic (exact) mass is 285 g/mol. The van der Waals surface area contributed by atoms with E-state index in [4.69, 9.17) is 4.74 Å². The Morgan fingerprint density at radius 3 is 2.48 bits per heavy atom. The van der Waals surface area contributed by atoms with E-state index in [1.54, 1.807) is 19.5 Å². The Morgan fingerprint density at radius 1 is 1.14 bits per heavy atom. The second-order valence-corrected chi connectivity index (χ2v) is 5.00. The first-order valence-corrected chi connectivity index (χ1v) is 7.46. The first kappa shape index (κ1) is 15.4. The molecule has 0 saturated heterocycles. The molecule has 1 atom stereocenters. The van der Waals surface area contributed by atoms with Crippen molar-refractivity contribution in [3.63, 3.8) is 0 Å². The topological polar surface area (TPSA) is 47.0 Å². The second-order valence-electron chi connectivity index (χ2n) is 5.00. The zero-order valence-electron chi connectivity index (χ0n) is 12.7. The SMILES string of the molecule is CCCNC(CCc1ccc(OC)cc1)c1ncccn1. The summed E-state index contributed by atoms with van der Waals surface area (Å²) >= 11 is 0. The van der Waals surface area contributed by atoms with E-state index in [2.05, 4.69) is 34.3 Å². The predicted octanol–water partition coefficient (Wildman–Crippen LogP) is 3.16. The molecule has 0 radical (unpaired) electrons. The number of nitrogens with one attached hydrogen (secondary N) is 1. The van der Waals surface area contributed by atoms with Gasteiger partial charge in [0.15, 0.2) is 0 Å². The third-order valence-corrected chi connectivity index (χ3v) is 3.42. The van der Waals surface area contributed by atoms with Crippen LogP contribution in [0.25, 0.3) is 0 Å². The summed E-state index contributed by atoms with van der Waals surface area (Å²) in [6, 6.07) is 10.3. The van der Waals surface area contributed by atoms with Crippen LogP contribution in [0.2, 0.25) is 0 Å². The summed E-state index contributed by atoms with van der Waals surface area (Å²) in [7, 11) is 1.69. The van der Waals surface area contributed by atoms with Crippen LogP contribution in [-0.4, -0.2) is 23.6 Å². The Bertz CT molecular complexity index is 513. The minimum atomic E-state index is 0.202. The standard InChI is InChI=1S/C17H23N3O/c1-3-11-18-16(17-19-12-4-13-20-17)10-7-14-5-8-15(21-2)9-6-14/h4-6,8-9,12-13,16,18H,3,7,10-11H2,1-2H3. The normalized spacial score (nSPS) is 12.1. The second kappa shape index (κ2) is 8.37. The lowest BCUT2D eigenvalue weighted by Crippen LogP contribution is -2.24. The maximum Gasteiger partial charge on any atom is 0.145 e. The lowest BCUT2D eigenvalue weighted by Gasteiger charge is -2.17. The minimum absolute atomic E-state index is 0.202. The summed E-state index contributed by atoms with van der Waals surface area (Å²) < 4.78 is 5.18. The minimum Gasteiger partial charge on any atom is -0.497 e. The third-order valence-electron chi connectivity index (χ3n) is 3.42. The van der Waals surface area contributed by atoms with Crippen LogP contribution in [0.5, 0.6) is 5.75 Å². The van der Waals surface area contributed by atoms with Crippen molar-refractivity contribution in [3.8, 4) is 5.75 Å². The Hall–Kier alpha value is -1.94. The maximum absolute atomic E-state index is 5.18. The lowest BCUT2D eigenvalue weighted by atomic mass is 10.0. The molecule has 0 aliphatic carbocycles. The van der Waals surface area contributed by atoms with Gasteiger partial charge in [0.25, 0.3) is 0 Å². The average Bonchev–Trinajstić information content (AvgIpc) is 2.56. The van der Waals surface area contributed by atoms with Crippen molar-refractivity contribution in [2.24, 2.45) is 0 Å². The number of methoxy groups -OCH3 is 1. The smallest absolute Gasteiger partial charge is 0.145 e. The number of aryl methyl sites for hydroxylation is 1. The Labute approximate surface area is 126 Å². The molecule has 0 saturated carbocycles. The summed E-state index contributed by atoms with van der Waals surface area (Å²) in [5, 5.41) is 3.53.